The topological polar surface area (TPSA) is 61.4 Å². The first-order valence-corrected chi connectivity index (χ1v) is 9.62. The van der Waals surface area contributed by atoms with E-state index in [4.69, 9.17) is 0 Å². The maximum atomic E-state index is 13.3. The average Bonchev–Trinajstić information content (AvgIpc) is 3.01. The van der Waals surface area contributed by atoms with Gasteiger partial charge in [-0.3, -0.25) is 14.5 Å². The van der Waals surface area contributed by atoms with Crippen molar-refractivity contribution in [1.82, 2.24) is 15.5 Å². The van der Waals surface area contributed by atoms with Crippen LogP contribution in [0.1, 0.15) is 52.0 Å². The third kappa shape index (κ3) is 6.61. The largest absolute Gasteiger partial charge is 0.354 e. The van der Waals surface area contributed by atoms with Crippen LogP contribution in [0.3, 0.4) is 0 Å². The first kappa shape index (κ1) is 21.4. The molecule has 1 aromatic rings. The molecule has 1 aliphatic carbocycles. The van der Waals surface area contributed by atoms with Gasteiger partial charge in [-0.15, -0.1) is 0 Å². The van der Waals surface area contributed by atoms with Crippen molar-refractivity contribution in [2.24, 2.45) is 0 Å². The van der Waals surface area contributed by atoms with Crippen LogP contribution in [0, 0.1) is 5.82 Å². The molecule has 2 N–H and O–H groups in total. The molecule has 2 rings (SSSR count). The van der Waals surface area contributed by atoms with Gasteiger partial charge < -0.3 is 10.6 Å². The molecule has 0 spiro atoms. The second-order valence-electron chi connectivity index (χ2n) is 8.74. The molecule has 0 unspecified atom stereocenters. The number of carbonyl (C=O) groups excluding carboxylic acids is 2. The molecule has 1 aromatic carbocycles. The second kappa shape index (κ2) is 8.83. The van der Waals surface area contributed by atoms with Gasteiger partial charge in [0, 0.05) is 17.5 Å². The smallest absolute Gasteiger partial charge is 0.234 e. The van der Waals surface area contributed by atoms with Crippen LogP contribution in [0.15, 0.2) is 24.3 Å². The SMILES string of the molecule is CN(CC(=O)NCC1(c2ccc(F)cc2)CCCC1)CC(=O)NC(C)(C)C. The first-order valence-electron chi connectivity index (χ1n) is 9.62. The molecule has 0 bridgehead atoms. The molecule has 1 saturated carbocycles. The molecule has 150 valence electrons. The summed E-state index contributed by atoms with van der Waals surface area (Å²) in [5, 5.41) is 5.91. The summed E-state index contributed by atoms with van der Waals surface area (Å²) in [7, 11) is 1.76. The van der Waals surface area contributed by atoms with E-state index in [9.17, 15) is 14.0 Å². The van der Waals surface area contributed by atoms with E-state index < -0.39 is 0 Å². The monoisotopic (exact) mass is 377 g/mol. The Bertz CT molecular complexity index is 646. The standard InChI is InChI=1S/C21H32FN3O2/c1-20(2,3)24-19(27)14-25(4)13-18(26)23-15-21(11-5-6-12-21)16-7-9-17(22)10-8-16/h7-10H,5-6,11-15H2,1-4H3,(H,23,26)(H,24,27). The third-order valence-electron chi connectivity index (χ3n) is 4.98. The lowest BCUT2D eigenvalue weighted by molar-refractivity contribution is -0.125. The van der Waals surface area contributed by atoms with Crippen molar-refractivity contribution < 1.29 is 14.0 Å². The van der Waals surface area contributed by atoms with Gasteiger partial charge in [0.05, 0.1) is 13.1 Å². The van der Waals surface area contributed by atoms with E-state index in [1.54, 1.807) is 11.9 Å². The molecular weight excluding hydrogens is 345 g/mol. The summed E-state index contributed by atoms with van der Waals surface area (Å²) >= 11 is 0. The minimum absolute atomic E-state index is 0.101. The Morgan fingerprint density at radius 1 is 1.07 bits per heavy atom. The lowest BCUT2D eigenvalue weighted by Gasteiger charge is -2.30. The Labute approximate surface area is 161 Å². The molecule has 0 aromatic heterocycles. The highest BCUT2D eigenvalue weighted by Crippen LogP contribution is 2.40. The highest BCUT2D eigenvalue weighted by Gasteiger charge is 2.36. The van der Waals surface area contributed by atoms with Crippen molar-refractivity contribution in [3.05, 3.63) is 35.6 Å². The highest BCUT2D eigenvalue weighted by atomic mass is 19.1. The fraction of sp³-hybridized carbons (Fsp3) is 0.619. The summed E-state index contributed by atoms with van der Waals surface area (Å²) < 4.78 is 13.3. The molecule has 0 radical (unpaired) electrons. The van der Waals surface area contributed by atoms with Gasteiger partial charge in [0.15, 0.2) is 0 Å². The van der Waals surface area contributed by atoms with Gasteiger partial charge in [0.25, 0.3) is 0 Å². The molecule has 0 saturated heterocycles. The van der Waals surface area contributed by atoms with E-state index in [0.717, 1.165) is 31.2 Å². The van der Waals surface area contributed by atoms with Crippen LogP contribution < -0.4 is 10.6 Å². The highest BCUT2D eigenvalue weighted by molar-refractivity contribution is 5.81. The zero-order valence-electron chi connectivity index (χ0n) is 16.9. The molecule has 27 heavy (non-hydrogen) atoms. The van der Waals surface area contributed by atoms with E-state index in [0.29, 0.717) is 6.54 Å². The Balaban J connectivity index is 1.87. The Kier molecular flexibility index (Phi) is 6.98. The summed E-state index contributed by atoms with van der Waals surface area (Å²) in [6.07, 6.45) is 4.20. The minimum Gasteiger partial charge on any atom is -0.354 e. The van der Waals surface area contributed by atoms with Gasteiger partial charge in [0.1, 0.15) is 5.82 Å². The number of halogens is 1. The molecule has 0 heterocycles. The maximum Gasteiger partial charge on any atom is 0.234 e. The van der Waals surface area contributed by atoms with Gasteiger partial charge in [-0.2, -0.15) is 0 Å². The molecular formula is C21H32FN3O2. The van der Waals surface area contributed by atoms with Crippen LogP contribution in [0.5, 0.6) is 0 Å². The predicted molar refractivity (Wildman–Crippen MR) is 105 cm³/mol. The van der Waals surface area contributed by atoms with E-state index in [-0.39, 0.29) is 41.7 Å². The van der Waals surface area contributed by atoms with Crippen molar-refractivity contribution in [2.75, 3.05) is 26.7 Å². The second-order valence-corrected chi connectivity index (χ2v) is 8.74. The summed E-state index contributed by atoms with van der Waals surface area (Å²) in [4.78, 5) is 26.0. The van der Waals surface area contributed by atoms with Gasteiger partial charge in [0.2, 0.25) is 11.8 Å². The number of rotatable bonds is 7. The van der Waals surface area contributed by atoms with Crippen LogP contribution in [-0.2, 0) is 15.0 Å². The predicted octanol–water partition coefficient (Wildman–Crippen LogP) is 2.60. The van der Waals surface area contributed by atoms with Crippen LogP contribution in [0.4, 0.5) is 4.39 Å². The Hall–Kier alpha value is -1.95. The lowest BCUT2D eigenvalue weighted by atomic mass is 9.79. The zero-order chi connectivity index (χ0) is 20.1. The van der Waals surface area contributed by atoms with Gasteiger partial charge in [-0.25, -0.2) is 4.39 Å². The van der Waals surface area contributed by atoms with Crippen molar-refractivity contribution in [2.45, 2.75) is 57.4 Å². The quantitative estimate of drug-likeness (QED) is 0.768. The summed E-state index contributed by atoms with van der Waals surface area (Å²) in [5.74, 6) is -0.447. The molecule has 6 heteroatoms. The normalized spacial score (nSPS) is 16.4. The van der Waals surface area contributed by atoms with Gasteiger partial charge >= 0.3 is 0 Å². The van der Waals surface area contributed by atoms with Crippen molar-refractivity contribution >= 4 is 11.8 Å². The number of hydrogen-bond donors (Lipinski definition) is 2. The molecule has 2 amide bonds. The fourth-order valence-electron chi connectivity index (χ4n) is 3.75. The van der Waals surface area contributed by atoms with Crippen LogP contribution in [-0.4, -0.2) is 48.9 Å². The maximum absolute atomic E-state index is 13.3. The molecule has 0 atom stereocenters. The zero-order valence-corrected chi connectivity index (χ0v) is 16.9. The van der Waals surface area contributed by atoms with Crippen molar-refractivity contribution in [1.29, 1.82) is 0 Å². The molecule has 0 aliphatic heterocycles. The van der Waals surface area contributed by atoms with E-state index in [1.165, 1.54) is 12.1 Å². The van der Waals surface area contributed by atoms with Crippen LogP contribution in [0.2, 0.25) is 0 Å². The van der Waals surface area contributed by atoms with Crippen molar-refractivity contribution in [3.8, 4) is 0 Å². The number of nitrogens with zero attached hydrogens (tertiary/aromatic N) is 1. The van der Waals surface area contributed by atoms with Crippen LogP contribution in [0.25, 0.3) is 0 Å². The fourth-order valence-corrected chi connectivity index (χ4v) is 3.75. The lowest BCUT2D eigenvalue weighted by Crippen LogP contribution is -2.47. The summed E-state index contributed by atoms with van der Waals surface area (Å²) in [5.41, 5.74) is 0.676. The van der Waals surface area contributed by atoms with E-state index in [2.05, 4.69) is 10.6 Å². The minimum atomic E-state index is -0.288. The van der Waals surface area contributed by atoms with Crippen molar-refractivity contribution in [3.63, 3.8) is 0 Å². The Morgan fingerprint density at radius 3 is 2.19 bits per heavy atom. The van der Waals surface area contributed by atoms with Crippen LogP contribution >= 0.6 is 0 Å². The number of benzene rings is 1. The number of nitrogens with one attached hydrogen (secondary N) is 2. The molecule has 5 nitrogen and oxygen atoms in total. The van der Waals surface area contributed by atoms with E-state index >= 15 is 0 Å². The van der Waals surface area contributed by atoms with Gasteiger partial charge in [-0.05, 0) is 58.4 Å². The van der Waals surface area contributed by atoms with E-state index in [1.807, 2.05) is 32.9 Å². The Morgan fingerprint density at radius 2 is 1.63 bits per heavy atom. The van der Waals surface area contributed by atoms with Gasteiger partial charge in [-0.1, -0.05) is 25.0 Å². The summed E-state index contributed by atoms with van der Waals surface area (Å²) in [6.45, 7) is 6.65. The molecule has 1 aliphatic rings. The number of hydrogen-bond acceptors (Lipinski definition) is 3. The first-order chi connectivity index (χ1) is 12.6. The molecule has 1 fully saturated rings. The third-order valence-corrected chi connectivity index (χ3v) is 4.98. The number of amides is 2. The number of likely N-dealkylation sites (N-methyl/N-ethyl adjacent to an activating group) is 1. The average molecular weight is 378 g/mol. The number of carbonyl (C=O) groups is 2. The summed E-state index contributed by atoms with van der Waals surface area (Å²) in [6, 6.07) is 6.63.